The van der Waals surface area contributed by atoms with Gasteiger partial charge in [-0.3, -0.25) is 0 Å². The summed E-state index contributed by atoms with van der Waals surface area (Å²) < 4.78 is 4.76. The average molecular weight is 213 g/mol. The smallest absolute Gasteiger partial charge is 0.336 e. The van der Waals surface area contributed by atoms with Crippen molar-refractivity contribution < 1.29 is 8.98 Å². The van der Waals surface area contributed by atoms with Gasteiger partial charge in [-0.2, -0.15) is 12.6 Å². The van der Waals surface area contributed by atoms with E-state index >= 15 is 0 Å². The molecule has 0 saturated heterocycles. The van der Waals surface area contributed by atoms with Crippen LogP contribution >= 0.6 is 34.5 Å². The molecule has 0 bridgehead atoms. The molecule has 0 spiro atoms. The van der Waals surface area contributed by atoms with Crippen molar-refractivity contribution in [2.45, 2.75) is 6.04 Å². The van der Waals surface area contributed by atoms with Crippen molar-refractivity contribution in [1.29, 1.82) is 0 Å². The van der Waals surface area contributed by atoms with Gasteiger partial charge in [0.2, 0.25) is 0 Å². The van der Waals surface area contributed by atoms with Crippen LogP contribution in [0.1, 0.15) is 0 Å². The van der Waals surface area contributed by atoms with Crippen molar-refractivity contribution in [3.8, 4) is 0 Å². The number of rotatable bonds is 5. The van der Waals surface area contributed by atoms with E-state index in [4.69, 9.17) is 4.18 Å². The lowest BCUT2D eigenvalue weighted by Crippen LogP contribution is -2.35. The Morgan fingerprint density at radius 2 is 2.45 bits per heavy atom. The molecule has 0 fully saturated rings. The van der Waals surface area contributed by atoms with Crippen molar-refractivity contribution in [3.63, 3.8) is 0 Å². The molecule has 0 amide bonds. The zero-order valence-corrected chi connectivity index (χ0v) is 8.89. The molecular formula is C5H11NO2S3. The van der Waals surface area contributed by atoms with Crippen LogP contribution in [0, 0.1) is 0 Å². The van der Waals surface area contributed by atoms with E-state index in [0.717, 1.165) is 11.1 Å². The summed E-state index contributed by atoms with van der Waals surface area (Å²) in [5, 5.41) is 2.79. The van der Waals surface area contributed by atoms with E-state index in [1.807, 2.05) is 6.26 Å². The van der Waals surface area contributed by atoms with Crippen molar-refractivity contribution in [3.05, 3.63) is 0 Å². The maximum Gasteiger partial charge on any atom is 0.336 e. The van der Waals surface area contributed by atoms with Gasteiger partial charge >= 0.3 is 5.97 Å². The number of hydrogen-bond donors (Lipinski definition) is 2. The van der Waals surface area contributed by atoms with Crippen LogP contribution in [-0.2, 0) is 8.98 Å². The second-order valence-corrected chi connectivity index (χ2v) is 4.07. The van der Waals surface area contributed by atoms with Gasteiger partial charge in [0, 0.05) is 5.75 Å². The van der Waals surface area contributed by atoms with Gasteiger partial charge in [-0.05, 0) is 13.3 Å². The number of thiol groups is 1. The number of likely N-dealkylation sites (N-methyl/N-ethyl adjacent to an activating group) is 1. The summed E-state index contributed by atoms with van der Waals surface area (Å²) in [4.78, 5) is 11.0. The minimum Gasteiger partial charge on any atom is -0.378 e. The van der Waals surface area contributed by atoms with Crippen molar-refractivity contribution in [1.82, 2.24) is 5.32 Å². The van der Waals surface area contributed by atoms with Crippen LogP contribution in [-0.4, -0.2) is 31.1 Å². The van der Waals surface area contributed by atoms with E-state index in [1.165, 1.54) is 10.8 Å². The molecule has 0 aromatic heterocycles. The van der Waals surface area contributed by atoms with Gasteiger partial charge in [-0.1, -0.05) is 10.8 Å². The Kier molecular flexibility index (Phi) is 7.46. The van der Waals surface area contributed by atoms with Crippen LogP contribution < -0.4 is 5.32 Å². The Hall–Kier alpha value is 0.480. The van der Waals surface area contributed by atoms with E-state index < -0.39 is 0 Å². The molecule has 3 nitrogen and oxygen atoms in total. The van der Waals surface area contributed by atoms with E-state index in [1.54, 1.807) is 7.05 Å². The van der Waals surface area contributed by atoms with E-state index in [2.05, 4.69) is 17.9 Å². The van der Waals surface area contributed by atoms with Crippen LogP contribution in [0.3, 0.4) is 0 Å². The van der Waals surface area contributed by atoms with Crippen LogP contribution in [0.25, 0.3) is 0 Å². The fourth-order valence-electron chi connectivity index (χ4n) is 0.409. The average Bonchev–Trinajstić information content (AvgIpc) is 2.03. The van der Waals surface area contributed by atoms with E-state index in [-0.39, 0.29) is 12.0 Å². The molecule has 0 aliphatic heterocycles. The molecule has 0 saturated carbocycles. The Morgan fingerprint density at radius 3 is 2.82 bits per heavy atom. The molecule has 11 heavy (non-hydrogen) atoms. The highest BCUT2D eigenvalue weighted by atomic mass is 33.1. The molecule has 66 valence electrons. The maximum atomic E-state index is 11.0. The van der Waals surface area contributed by atoms with Gasteiger partial charge < -0.3 is 9.50 Å². The van der Waals surface area contributed by atoms with E-state index in [0.29, 0.717) is 5.75 Å². The zero-order valence-electron chi connectivity index (χ0n) is 6.36. The Morgan fingerprint density at radius 1 is 1.82 bits per heavy atom. The molecule has 0 aromatic rings. The predicted molar refractivity (Wildman–Crippen MR) is 53.9 cm³/mol. The summed E-state index contributed by atoms with van der Waals surface area (Å²) in [6.07, 6.45) is 1.84. The number of carbonyl (C=O) groups excluding carboxylic acids is 1. The van der Waals surface area contributed by atoms with Crippen molar-refractivity contribution in [2.24, 2.45) is 0 Å². The van der Waals surface area contributed by atoms with E-state index in [9.17, 15) is 4.79 Å². The third-order valence-electron chi connectivity index (χ3n) is 1.000. The number of carbonyl (C=O) groups is 1. The van der Waals surface area contributed by atoms with Crippen molar-refractivity contribution in [2.75, 3.05) is 19.1 Å². The lowest BCUT2D eigenvalue weighted by atomic mass is 10.3. The first-order valence-electron chi connectivity index (χ1n) is 2.95. The molecule has 0 unspecified atom stereocenters. The number of hydrogen-bond acceptors (Lipinski definition) is 6. The third kappa shape index (κ3) is 4.84. The van der Waals surface area contributed by atoms with Crippen LogP contribution in [0.2, 0.25) is 0 Å². The molecule has 0 rings (SSSR count). The topological polar surface area (TPSA) is 38.3 Å². The van der Waals surface area contributed by atoms with Crippen LogP contribution in [0.5, 0.6) is 0 Å². The summed E-state index contributed by atoms with van der Waals surface area (Å²) in [6, 6.07) is -0.307. The lowest BCUT2D eigenvalue weighted by molar-refractivity contribution is -0.134. The SMILES string of the molecule is CN[C@@H](CS)C(=O)OSSC. The molecular weight excluding hydrogens is 202 g/mol. The minimum absolute atomic E-state index is 0.276. The standard InChI is InChI=1S/C5H11NO2S3/c1-6-4(3-9)5(7)8-11-10-2/h4,6,9H,3H2,1-2H3/t4-/m0/s1. The Labute approximate surface area is 80.0 Å². The fraction of sp³-hybridized carbons (Fsp3) is 0.800. The van der Waals surface area contributed by atoms with Gasteiger partial charge in [0.15, 0.2) is 0 Å². The van der Waals surface area contributed by atoms with Crippen LogP contribution in [0.4, 0.5) is 0 Å². The molecule has 6 heteroatoms. The highest BCUT2D eigenvalue weighted by Gasteiger charge is 2.15. The first kappa shape index (κ1) is 11.5. The summed E-state index contributed by atoms with van der Waals surface area (Å²) in [5.41, 5.74) is 0. The van der Waals surface area contributed by atoms with Crippen molar-refractivity contribution >= 4 is 40.5 Å². The maximum absolute atomic E-state index is 11.0. The molecule has 0 aliphatic rings. The highest BCUT2D eigenvalue weighted by Crippen LogP contribution is 2.18. The Balaban J connectivity index is 3.61. The molecule has 0 radical (unpaired) electrons. The molecule has 0 heterocycles. The van der Waals surface area contributed by atoms with Crippen LogP contribution in [0.15, 0.2) is 0 Å². The molecule has 0 aromatic carbocycles. The van der Waals surface area contributed by atoms with Gasteiger partial charge in [0.1, 0.15) is 17.1 Å². The summed E-state index contributed by atoms with van der Waals surface area (Å²) >= 11 is 5.05. The highest BCUT2D eigenvalue weighted by molar-refractivity contribution is 8.74. The molecule has 0 aliphatic carbocycles. The molecule has 1 atom stereocenters. The quantitative estimate of drug-likeness (QED) is 0.404. The predicted octanol–water partition coefficient (Wildman–Crippen LogP) is 0.974. The Bertz CT molecular complexity index is 118. The van der Waals surface area contributed by atoms with Gasteiger partial charge in [0.25, 0.3) is 0 Å². The lowest BCUT2D eigenvalue weighted by Gasteiger charge is -2.09. The number of nitrogens with one attached hydrogen (secondary N) is 1. The second-order valence-electron chi connectivity index (χ2n) is 1.66. The fourth-order valence-corrected chi connectivity index (χ4v) is 1.40. The summed E-state index contributed by atoms with van der Waals surface area (Å²) in [5.74, 6) is 0.173. The monoisotopic (exact) mass is 213 g/mol. The van der Waals surface area contributed by atoms with Gasteiger partial charge in [-0.25, -0.2) is 4.79 Å². The normalized spacial score (nSPS) is 12.6. The summed E-state index contributed by atoms with van der Waals surface area (Å²) in [7, 11) is 3.09. The largest absolute Gasteiger partial charge is 0.378 e. The molecule has 1 N–H and O–H groups in total. The third-order valence-corrected chi connectivity index (χ3v) is 2.35. The first-order chi connectivity index (χ1) is 5.26. The minimum atomic E-state index is -0.307. The second kappa shape index (κ2) is 7.15. The summed E-state index contributed by atoms with van der Waals surface area (Å²) in [6.45, 7) is 0. The zero-order chi connectivity index (χ0) is 8.69. The van der Waals surface area contributed by atoms with Gasteiger partial charge in [0.05, 0.1) is 0 Å². The van der Waals surface area contributed by atoms with Gasteiger partial charge in [-0.15, -0.1) is 0 Å². The first-order valence-corrected chi connectivity index (χ1v) is 6.07.